The lowest BCUT2D eigenvalue weighted by molar-refractivity contribution is 0.0271. The molecule has 4 heterocycles. The minimum absolute atomic E-state index is 0.0443. The Morgan fingerprint density at radius 3 is 2.76 bits per heavy atom. The number of amides is 1. The topological polar surface area (TPSA) is 65.1 Å². The number of fused-ring (bicyclic) bond motifs is 3. The summed E-state index contributed by atoms with van der Waals surface area (Å²) in [6, 6.07) is 10.7. The van der Waals surface area contributed by atoms with Crippen molar-refractivity contribution >= 4 is 16.8 Å². The van der Waals surface area contributed by atoms with Crippen molar-refractivity contribution in [1.82, 2.24) is 19.3 Å². The number of piperazine rings is 1. The molecule has 1 N–H and O–H groups in total. The van der Waals surface area contributed by atoms with Gasteiger partial charge in [0.15, 0.2) is 5.76 Å². The second-order valence-electron chi connectivity index (χ2n) is 10.2. The molecule has 0 unspecified atom stereocenters. The van der Waals surface area contributed by atoms with Gasteiger partial charge in [0.1, 0.15) is 0 Å². The van der Waals surface area contributed by atoms with Crippen LogP contribution in [-0.2, 0) is 13.0 Å². The van der Waals surface area contributed by atoms with Gasteiger partial charge < -0.3 is 19.0 Å². The highest BCUT2D eigenvalue weighted by Crippen LogP contribution is 2.42. The molecule has 2 aliphatic heterocycles. The van der Waals surface area contributed by atoms with Crippen LogP contribution in [0, 0.1) is 6.92 Å². The van der Waals surface area contributed by atoms with Crippen LogP contribution in [0.4, 0.5) is 0 Å². The van der Waals surface area contributed by atoms with Gasteiger partial charge >= 0.3 is 0 Å². The number of nitrogens with zero attached hydrogens (tertiary/aromatic N) is 4. The number of aryl methyl sites for hydroxylation is 2. The zero-order valence-electron chi connectivity index (χ0n) is 19.9. The summed E-state index contributed by atoms with van der Waals surface area (Å²) >= 11 is 0. The number of hydrogen-bond acceptors (Lipinski definition) is 5. The number of aromatic nitrogens is 1. The molecule has 1 aromatic carbocycles. The summed E-state index contributed by atoms with van der Waals surface area (Å²) < 4.78 is 7.80. The smallest absolute Gasteiger partial charge is 0.289 e. The summed E-state index contributed by atoms with van der Waals surface area (Å²) in [6.07, 6.45) is 4.69. The summed E-state index contributed by atoms with van der Waals surface area (Å²) in [7, 11) is 0. The monoisotopic (exact) mass is 462 g/mol. The maximum atomic E-state index is 12.5. The summed E-state index contributed by atoms with van der Waals surface area (Å²) in [5.41, 5.74) is 5.73. The molecule has 3 aromatic rings. The van der Waals surface area contributed by atoms with Crippen LogP contribution in [0.2, 0.25) is 0 Å². The van der Waals surface area contributed by atoms with Gasteiger partial charge in [0.25, 0.3) is 5.91 Å². The Balaban J connectivity index is 1.09. The highest BCUT2D eigenvalue weighted by molar-refractivity contribution is 5.91. The van der Waals surface area contributed by atoms with Gasteiger partial charge in [-0.2, -0.15) is 0 Å². The summed E-state index contributed by atoms with van der Waals surface area (Å²) in [5, 5.41) is 12.5. The lowest BCUT2D eigenvalue weighted by atomic mass is 9.89. The molecule has 180 valence electrons. The van der Waals surface area contributed by atoms with Crippen molar-refractivity contribution in [2.45, 2.75) is 44.9 Å². The Morgan fingerprint density at radius 2 is 1.97 bits per heavy atom. The van der Waals surface area contributed by atoms with Gasteiger partial charge in [-0.25, -0.2) is 0 Å². The maximum absolute atomic E-state index is 12.5. The third kappa shape index (κ3) is 3.85. The van der Waals surface area contributed by atoms with Gasteiger partial charge in [0, 0.05) is 69.0 Å². The van der Waals surface area contributed by atoms with Crippen LogP contribution in [0.5, 0.6) is 0 Å². The first-order valence-electron chi connectivity index (χ1n) is 12.7. The van der Waals surface area contributed by atoms with E-state index in [1.807, 2.05) is 4.90 Å². The van der Waals surface area contributed by atoms with E-state index >= 15 is 0 Å². The number of β-amino-alcohol motifs (C(OH)–C–C–N with tert-alkyl or cyclic N) is 1. The van der Waals surface area contributed by atoms with Crippen molar-refractivity contribution in [3.05, 3.63) is 59.2 Å². The number of aliphatic hydroxyl groups is 1. The molecule has 0 spiro atoms. The predicted molar refractivity (Wildman–Crippen MR) is 131 cm³/mol. The van der Waals surface area contributed by atoms with Crippen molar-refractivity contribution in [2.24, 2.45) is 0 Å². The predicted octanol–water partition coefficient (Wildman–Crippen LogP) is 3.05. The molecular weight excluding hydrogens is 428 g/mol. The Kier molecular flexibility index (Phi) is 5.71. The van der Waals surface area contributed by atoms with E-state index in [1.54, 1.807) is 12.1 Å². The average Bonchev–Trinajstić information content (AvgIpc) is 3.49. The first-order valence-corrected chi connectivity index (χ1v) is 12.7. The SMILES string of the molecule is Cc1ccc2c(c1)c1c3n2CCN(C[C@@H](O)CN2CCN(C(=O)c4ccco4)CC2)[C@H]3CCC1. The Hall–Kier alpha value is -2.61. The van der Waals surface area contributed by atoms with Gasteiger partial charge in [-0.1, -0.05) is 11.6 Å². The summed E-state index contributed by atoms with van der Waals surface area (Å²) in [6.45, 7) is 8.41. The largest absolute Gasteiger partial charge is 0.459 e. The Morgan fingerprint density at radius 1 is 1.12 bits per heavy atom. The molecule has 1 amide bonds. The number of rotatable bonds is 5. The molecule has 0 saturated carbocycles. The van der Waals surface area contributed by atoms with Crippen LogP contribution in [0.15, 0.2) is 41.0 Å². The Bertz CT molecular complexity index is 1180. The van der Waals surface area contributed by atoms with E-state index in [4.69, 9.17) is 4.42 Å². The number of carbonyl (C=O) groups excluding carboxylic acids is 1. The summed E-state index contributed by atoms with van der Waals surface area (Å²) in [5.74, 6) is 0.357. The van der Waals surface area contributed by atoms with Gasteiger partial charge in [-0.05, 0) is 56.0 Å². The van der Waals surface area contributed by atoms with Crippen LogP contribution < -0.4 is 0 Å². The second-order valence-corrected chi connectivity index (χ2v) is 10.2. The fourth-order valence-corrected chi connectivity index (χ4v) is 6.33. The van der Waals surface area contributed by atoms with Crippen molar-refractivity contribution < 1.29 is 14.3 Å². The average molecular weight is 463 g/mol. The quantitative estimate of drug-likeness (QED) is 0.631. The van der Waals surface area contributed by atoms with E-state index < -0.39 is 6.10 Å². The minimum Gasteiger partial charge on any atom is -0.459 e. The molecule has 0 bridgehead atoms. The van der Waals surface area contributed by atoms with Crippen LogP contribution in [0.25, 0.3) is 10.9 Å². The van der Waals surface area contributed by atoms with Gasteiger partial charge in [0.05, 0.1) is 18.4 Å². The van der Waals surface area contributed by atoms with E-state index in [0.29, 0.717) is 38.0 Å². The maximum Gasteiger partial charge on any atom is 0.289 e. The van der Waals surface area contributed by atoms with Gasteiger partial charge in [-0.15, -0.1) is 0 Å². The number of aliphatic hydroxyl groups excluding tert-OH is 1. The highest BCUT2D eigenvalue weighted by Gasteiger charge is 2.35. The molecule has 2 atom stereocenters. The molecule has 0 radical (unpaired) electrons. The van der Waals surface area contributed by atoms with Crippen LogP contribution in [0.1, 0.15) is 46.3 Å². The molecule has 1 aliphatic carbocycles. The molecule has 3 aliphatic rings. The zero-order chi connectivity index (χ0) is 23.2. The van der Waals surface area contributed by atoms with E-state index in [9.17, 15) is 9.90 Å². The first kappa shape index (κ1) is 21.9. The van der Waals surface area contributed by atoms with Crippen molar-refractivity contribution in [3.63, 3.8) is 0 Å². The number of hydrogen-bond donors (Lipinski definition) is 1. The molecule has 7 nitrogen and oxygen atoms in total. The third-order valence-electron chi connectivity index (χ3n) is 7.95. The molecule has 6 rings (SSSR count). The van der Waals surface area contributed by atoms with Gasteiger partial charge in [-0.3, -0.25) is 14.6 Å². The second kappa shape index (κ2) is 8.87. The van der Waals surface area contributed by atoms with E-state index in [-0.39, 0.29) is 5.91 Å². The van der Waals surface area contributed by atoms with E-state index in [0.717, 1.165) is 32.6 Å². The lowest BCUT2D eigenvalue weighted by Gasteiger charge is -2.41. The number of carbonyl (C=O) groups is 1. The minimum atomic E-state index is -0.393. The van der Waals surface area contributed by atoms with Crippen LogP contribution in [0.3, 0.4) is 0 Å². The number of benzene rings is 1. The standard InChI is InChI=1S/C27H34N4O3/c1-19-7-8-23-22(16-19)21-4-2-5-24-26(21)31(23)14-13-30(24)18-20(32)17-28-9-11-29(12-10-28)27(33)25-6-3-15-34-25/h3,6-8,15-16,20,24,32H,2,4-5,9-14,17-18H2,1H3/t20-,24-/m0/s1. The van der Waals surface area contributed by atoms with Crippen LogP contribution >= 0.6 is 0 Å². The fraction of sp³-hybridized carbons (Fsp3) is 0.519. The van der Waals surface area contributed by atoms with Crippen molar-refractivity contribution in [1.29, 1.82) is 0 Å². The zero-order valence-corrected chi connectivity index (χ0v) is 19.9. The third-order valence-corrected chi connectivity index (χ3v) is 7.95. The molecular formula is C27H34N4O3. The van der Waals surface area contributed by atoms with Gasteiger partial charge in [0.2, 0.25) is 0 Å². The molecule has 34 heavy (non-hydrogen) atoms. The number of furan rings is 1. The molecule has 7 heteroatoms. The van der Waals surface area contributed by atoms with Crippen molar-refractivity contribution in [2.75, 3.05) is 45.8 Å². The first-order chi connectivity index (χ1) is 16.6. The molecule has 2 aromatic heterocycles. The molecule has 1 fully saturated rings. The van der Waals surface area contributed by atoms with Crippen LogP contribution in [-0.4, -0.2) is 82.2 Å². The fourth-order valence-electron chi connectivity index (χ4n) is 6.33. The van der Waals surface area contributed by atoms with E-state index in [2.05, 4.69) is 39.5 Å². The van der Waals surface area contributed by atoms with Crippen molar-refractivity contribution in [3.8, 4) is 0 Å². The molecule has 1 saturated heterocycles. The lowest BCUT2D eigenvalue weighted by Crippen LogP contribution is -2.52. The normalized spacial score (nSPS) is 22.2. The Labute approximate surface area is 200 Å². The highest BCUT2D eigenvalue weighted by atomic mass is 16.3. The summed E-state index contributed by atoms with van der Waals surface area (Å²) in [4.78, 5) is 19.1. The van der Waals surface area contributed by atoms with E-state index in [1.165, 1.54) is 46.8 Å².